The molecule has 0 radical (unpaired) electrons. The number of benzene rings is 1. The summed E-state index contributed by atoms with van der Waals surface area (Å²) in [7, 11) is 0. The molecule has 0 saturated heterocycles. The first-order chi connectivity index (χ1) is 7.93. The van der Waals surface area contributed by atoms with Crippen LogP contribution in [0.3, 0.4) is 0 Å². The molecule has 2 aromatic heterocycles. The molecule has 2 heterocycles. The number of rotatable bonds is 2. The van der Waals surface area contributed by atoms with Gasteiger partial charge in [0.25, 0.3) is 0 Å². The van der Waals surface area contributed by atoms with Gasteiger partial charge in [-0.3, -0.25) is 0 Å². The van der Waals surface area contributed by atoms with Crippen LogP contribution in [0.2, 0.25) is 0 Å². The summed E-state index contributed by atoms with van der Waals surface area (Å²) in [4.78, 5) is 8.30. The van der Waals surface area contributed by atoms with Gasteiger partial charge in [0.2, 0.25) is 5.65 Å². The Kier molecular flexibility index (Phi) is 2.07. The van der Waals surface area contributed by atoms with Gasteiger partial charge in [-0.1, -0.05) is 35.5 Å². The molecule has 0 atom stereocenters. The summed E-state index contributed by atoms with van der Waals surface area (Å²) in [6.45, 7) is 0.663. The van der Waals surface area contributed by atoms with Gasteiger partial charge in [-0.2, -0.15) is 0 Å². The molecule has 0 aliphatic heterocycles. The van der Waals surface area contributed by atoms with Crippen molar-refractivity contribution in [2.24, 2.45) is 0 Å². The average molecular weight is 211 g/mol. The Hall–Kier alpha value is -2.30. The summed E-state index contributed by atoms with van der Waals surface area (Å²) in [5.41, 5.74) is 2.46. The van der Waals surface area contributed by atoms with Gasteiger partial charge < -0.3 is 0 Å². The lowest BCUT2D eigenvalue weighted by molar-refractivity contribution is 0.664. The highest BCUT2D eigenvalue weighted by molar-refractivity contribution is 5.63. The Balaban J connectivity index is 2.01. The number of aromatic nitrogens is 5. The van der Waals surface area contributed by atoms with E-state index in [4.69, 9.17) is 0 Å². The second kappa shape index (κ2) is 3.69. The van der Waals surface area contributed by atoms with Crippen LogP contribution >= 0.6 is 0 Å². The summed E-state index contributed by atoms with van der Waals surface area (Å²) in [6.07, 6.45) is 3.26. The molecule has 0 unspecified atom stereocenters. The zero-order chi connectivity index (χ0) is 10.8. The largest absolute Gasteiger partial charge is 0.232 e. The Bertz CT molecular complexity index is 602. The average Bonchev–Trinajstić information content (AvgIpc) is 2.74. The Morgan fingerprint density at radius 3 is 2.69 bits per heavy atom. The van der Waals surface area contributed by atoms with E-state index in [1.807, 2.05) is 30.3 Å². The van der Waals surface area contributed by atoms with E-state index in [1.165, 1.54) is 5.56 Å². The van der Waals surface area contributed by atoms with Crippen molar-refractivity contribution < 1.29 is 0 Å². The molecule has 3 rings (SSSR count). The van der Waals surface area contributed by atoms with Crippen molar-refractivity contribution in [2.75, 3.05) is 0 Å². The Morgan fingerprint density at radius 1 is 1.00 bits per heavy atom. The monoisotopic (exact) mass is 211 g/mol. The van der Waals surface area contributed by atoms with Crippen LogP contribution in [0.5, 0.6) is 0 Å². The predicted octanol–water partition coefficient (Wildman–Crippen LogP) is 1.27. The van der Waals surface area contributed by atoms with Gasteiger partial charge in [0.05, 0.1) is 6.54 Å². The second-order valence-corrected chi connectivity index (χ2v) is 3.44. The van der Waals surface area contributed by atoms with Crippen molar-refractivity contribution in [2.45, 2.75) is 6.54 Å². The molecular formula is C11H9N5. The lowest BCUT2D eigenvalue weighted by Gasteiger charge is -2.00. The lowest BCUT2D eigenvalue weighted by atomic mass is 10.2. The third-order valence-corrected chi connectivity index (χ3v) is 2.33. The second-order valence-electron chi connectivity index (χ2n) is 3.44. The molecule has 0 aliphatic carbocycles. The first kappa shape index (κ1) is 8.96. The van der Waals surface area contributed by atoms with E-state index in [2.05, 4.69) is 20.3 Å². The van der Waals surface area contributed by atoms with Crippen LogP contribution in [0.1, 0.15) is 5.56 Å². The van der Waals surface area contributed by atoms with Crippen LogP contribution in [-0.4, -0.2) is 25.0 Å². The topological polar surface area (TPSA) is 56.5 Å². The number of hydrogen-bond acceptors (Lipinski definition) is 4. The van der Waals surface area contributed by atoms with Gasteiger partial charge in [0.1, 0.15) is 0 Å². The van der Waals surface area contributed by atoms with E-state index in [0.717, 1.165) is 0 Å². The van der Waals surface area contributed by atoms with E-state index in [0.29, 0.717) is 17.8 Å². The Morgan fingerprint density at radius 2 is 1.81 bits per heavy atom. The van der Waals surface area contributed by atoms with Crippen LogP contribution in [0.25, 0.3) is 11.3 Å². The van der Waals surface area contributed by atoms with Crippen molar-refractivity contribution in [3.8, 4) is 0 Å². The van der Waals surface area contributed by atoms with Gasteiger partial charge >= 0.3 is 0 Å². The number of fused-ring (bicyclic) bond motifs is 1. The predicted molar refractivity (Wildman–Crippen MR) is 58.7 cm³/mol. The molecule has 0 bridgehead atoms. The van der Waals surface area contributed by atoms with E-state index in [-0.39, 0.29) is 0 Å². The van der Waals surface area contributed by atoms with Gasteiger partial charge in [0, 0.05) is 12.4 Å². The summed E-state index contributed by atoms with van der Waals surface area (Å²) in [5.74, 6) is 0. The molecule has 0 fully saturated rings. The minimum Gasteiger partial charge on any atom is -0.232 e. The molecule has 0 saturated carbocycles. The summed E-state index contributed by atoms with van der Waals surface area (Å²) in [5, 5.41) is 7.99. The molecule has 0 spiro atoms. The van der Waals surface area contributed by atoms with E-state index < -0.39 is 0 Å². The Labute approximate surface area is 91.8 Å². The zero-order valence-electron chi connectivity index (χ0n) is 8.48. The lowest BCUT2D eigenvalue weighted by Crippen LogP contribution is -2.02. The molecule has 1 aromatic carbocycles. The molecular weight excluding hydrogens is 202 g/mol. The van der Waals surface area contributed by atoms with E-state index >= 15 is 0 Å². The highest BCUT2D eigenvalue weighted by atomic mass is 15.4. The first-order valence-corrected chi connectivity index (χ1v) is 4.97. The fourth-order valence-corrected chi connectivity index (χ4v) is 1.58. The highest BCUT2D eigenvalue weighted by Gasteiger charge is 2.05. The summed E-state index contributed by atoms with van der Waals surface area (Å²) >= 11 is 0. The van der Waals surface area contributed by atoms with Crippen molar-refractivity contribution in [3.05, 3.63) is 48.3 Å². The van der Waals surface area contributed by atoms with Crippen LogP contribution < -0.4 is 0 Å². The van der Waals surface area contributed by atoms with Gasteiger partial charge in [-0.05, 0) is 5.56 Å². The molecule has 0 amide bonds. The van der Waals surface area contributed by atoms with Crippen molar-refractivity contribution in [3.63, 3.8) is 0 Å². The number of nitrogens with zero attached hydrogens (tertiary/aromatic N) is 5. The summed E-state index contributed by atoms with van der Waals surface area (Å²) in [6, 6.07) is 10.1. The maximum atomic E-state index is 4.21. The summed E-state index contributed by atoms with van der Waals surface area (Å²) < 4.78 is 1.75. The molecule has 0 N–H and O–H groups in total. The molecule has 0 aliphatic rings. The fourth-order valence-electron chi connectivity index (χ4n) is 1.58. The van der Waals surface area contributed by atoms with Gasteiger partial charge in [0.15, 0.2) is 5.65 Å². The van der Waals surface area contributed by atoms with Gasteiger partial charge in [-0.25, -0.2) is 14.6 Å². The van der Waals surface area contributed by atoms with Crippen molar-refractivity contribution in [1.82, 2.24) is 25.0 Å². The van der Waals surface area contributed by atoms with Crippen LogP contribution in [0, 0.1) is 0 Å². The van der Waals surface area contributed by atoms with Crippen LogP contribution in [0.4, 0.5) is 0 Å². The van der Waals surface area contributed by atoms with Crippen molar-refractivity contribution >= 4 is 11.3 Å². The maximum absolute atomic E-state index is 4.21. The quantitative estimate of drug-likeness (QED) is 0.640. The highest BCUT2D eigenvalue weighted by Crippen LogP contribution is 2.07. The van der Waals surface area contributed by atoms with E-state index in [9.17, 15) is 0 Å². The molecule has 16 heavy (non-hydrogen) atoms. The number of hydrogen-bond donors (Lipinski definition) is 0. The third kappa shape index (κ3) is 1.52. The van der Waals surface area contributed by atoms with Crippen LogP contribution in [-0.2, 0) is 6.54 Å². The molecule has 5 heteroatoms. The third-order valence-electron chi connectivity index (χ3n) is 2.33. The van der Waals surface area contributed by atoms with Gasteiger partial charge in [-0.15, -0.1) is 5.10 Å². The van der Waals surface area contributed by atoms with Crippen LogP contribution in [0.15, 0.2) is 42.7 Å². The minimum atomic E-state index is 0.582. The van der Waals surface area contributed by atoms with Crippen molar-refractivity contribution in [1.29, 1.82) is 0 Å². The fraction of sp³-hybridized carbons (Fsp3) is 0.0909. The SMILES string of the molecule is c1ccc(Cn2nnc3nccnc32)cc1. The maximum Gasteiger partial charge on any atom is 0.221 e. The van der Waals surface area contributed by atoms with E-state index in [1.54, 1.807) is 17.1 Å². The molecule has 5 nitrogen and oxygen atoms in total. The molecule has 3 aromatic rings. The normalized spacial score (nSPS) is 10.8. The first-order valence-electron chi connectivity index (χ1n) is 4.97. The smallest absolute Gasteiger partial charge is 0.221 e. The zero-order valence-corrected chi connectivity index (χ0v) is 8.48. The minimum absolute atomic E-state index is 0.582. The molecule has 78 valence electrons. The standard InChI is InChI=1S/C11H9N5/c1-2-4-9(5-3-1)8-16-11-10(14-15-16)12-6-7-13-11/h1-7H,8H2.